The largest absolute Gasteiger partial charge is 0.381 e. The summed E-state index contributed by atoms with van der Waals surface area (Å²) in [6.45, 7) is 8.62. The Bertz CT molecular complexity index is 577. The van der Waals surface area contributed by atoms with Gasteiger partial charge in [0.2, 0.25) is 0 Å². The number of sulfone groups is 1. The fourth-order valence-corrected chi connectivity index (χ4v) is 6.20. The molecule has 1 spiro atoms. The number of ether oxygens (including phenoxy) is 1. The Morgan fingerprint density at radius 3 is 2.80 bits per heavy atom. The summed E-state index contributed by atoms with van der Waals surface area (Å²) in [7, 11) is -2.83. The second-order valence-electron chi connectivity index (χ2n) is 8.41. The van der Waals surface area contributed by atoms with Crippen LogP contribution < -0.4 is 5.32 Å². The van der Waals surface area contributed by atoms with E-state index >= 15 is 0 Å². The predicted molar refractivity (Wildman–Crippen MR) is 101 cm³/mol. The van der Waals surface area contributed by atoms with Crippen LogP contribution in [0.2, 0.25) is 0 Å². The molecule has 0 aliphatic carbocycles. The molecule has 0 bridgehead atoms. The highest BCUT2D eigenvalue weighted by Gasteiger charge is 2.38. The van der Waals surface area contributed by atoms with Gasteiger partial charge in [-0.15, -0.1) is 0 Å². The lowest BCUT2D eigenvalue weighted by atomic mass is 9.76. The highest BCUT2D eigenvalue weighted by Crippen LogP contribution is 2.37. The van der Waals surface area contributed by atoms with Crippen molar-refractivity contribution in [3.05, 3.63) is 0 Å². The number of aliphatic imine (C=N–C) groups is 1. The van der Waals surface area contributed by atoms with Gasteiger partial charge in [-0.3, -0.25) is 4.99 Å². The fourth-order valence-electron chi connectivity index (χ4n) is 4.35. The molecular formula is C18H33N3O3S. The molecule has 0 aromatic heterocycles. The van der Waals surface area contributed by atoms with Crippen LogP contribution >= 0.6 is 0 Å². The highest BCUT2D eigenvalue weighted by atomic mass is 32.2. The van der Waals surface area contributed by atoms with Gasteiger partial charge in [0.25, 0.3) is 0 Å². The van der Waals surface area contributed by atoms with Crippen LogP contribution in [0.15, 0.2) is 4.99 Å². The Hall–Kier alpha value is -0.820. The van der Waals surface area contributed by atoms with Gasteiger partial charge in [-0.05, 0) is 51.9 Å². The normalized spacial score (nSPS) is 33.2. The summed E-state index contributed by atoms with van der Waals surface area (Å²) in [5.74, 6) is 1.74. The molecule has 3 heterocycles. The Morgan fingerprint density at radius 2 is 2.16 bits per heavy atom. The smallest absolute Gasteiger partial charge is 0.194 e. The summed E-state index contributed by atoms with van der Waals surface area (Å²) in [4.78, 5) is 7.22. The van der Waals surface area contributed by atoms with Crippen LogP contribution in [0, 0.1) is 11.3 Å². The van der Waals surface area contributed by atoms with Gasteiger partial charge in [0.1, 0.15) is 0 Å². The maximum Gasteiger partial charge on any atom is 0.194 e. The van der Waals surface area contributed by atoms with E-state index in [1.165, 1.54) is 19.3 Å². The van der Waals surface area contributed by atoms with Crippen LogP contribution in [0.1, 0.15) is 46.0 Å². The van der Waals surface area contributed by atoms with E-state index in [-0.39, 0.29) is 11.3 Å². The molecular weight excluding hydrogens is 338 g/mol. The third kappa shape index (κ3) is 5.09. The molecule has 0 saturated carbocycles. The first-order valence-electron chi connectivity index (χ1n) is 9.72. The Labute approximate surface area is 152 Å². The van der Waals surface area contributed by atoms with E-state index < -0.39 is 9.84 Å². The molecule has 7 heteroatoms. The van der Waals surface area contributed by atoms with Crippen molar-refractivity contribution < 1.29 is 13.2 Å². The lowest BCUT2D eigenvalue weighted by molar-refractivity contribution is -0.0371. The Morgan fingerprint density at radius 1 is 1.36 bits per heavy atom. The Balaban J connectivity index is 1.67. The van der Waals surface area contributed by atoms with E-state index in [0.29, 0.717) is 24.1 Å². The molecule has 3 aliphatic rings. The lowest BCUT2D eigenvalue weighted by Gasteiger charge is -2.46. The van der Waals surface area contributed by atoms with Crippen LogP contribution in [0.3, 0.4) is 0 Å². The molecule has 2 unspecified atom stereocenters. The highest BCUT2D eigenvalue weighted by molar-refractivity contribution is 7.91. The molecule has 0 aromatic carbocycles. The number of likely N-dealkylation sites (tertiary alicyclic amines) is 1. The molecule has 3 aliphatic heterocycles. The second-order valence-corrected chi connectivity index (χ2v) is 10.6. The SMILES string of the molecule is CC(C)NC(=NCC1CCS(=O)(=O)C1)N1CCCC2(CCCOC2)C1. The molecule has 2 atom stereocenters. The first-order valence-corrected chi connectivity index (χ1v) is 11.5. The fraction of sp³-hybridized carbons (Fsp3) is 0.944. The number of piperidine rings is 1. The molecule has 0 aromatic rings. The van der Waals surface area contributed by atoms with E-state index in [0.717, 1.165) is 45.1 Å². The second kappa shape index (κ2) is 7.82. The third-order valence-electron chi connectivity index (χ3n) is 5.61. The first kappa shape index (κ1) is 19.0. The summed E-state index contributed by atoms with van der Waals surface area (Å²) in [5, 5.41) is 3.50. The van der Waals surface area contributed by atoms with Gasteiger partial charge in [0.05, 0.1) is 18.1 Å². The molecule has 3 saturated heterocycles. The molecule has 0 radical (unpaired) electrons. The molecule has 0 amide bonds. The van der Waals surface area contributed by atoms with E-state index in [2.05, 4.69) is 24.1 Å². The first-order chi connectivity index (χ1) is 11.9. The number of nitrogens with zero attached hydrogens (tertiary/aromatic N) is 2. The maximum absolute atomic E-state index is 11.7. The van der Waals surface area contributed by atoms with Crippen LogP contribution in [0.25, 0.3) is 0 Å². The van der Waals surface area contributed by atoms with E-state index in [9.17, 15) is 8.42 Å². The van der Waals surface area contributed by atoms with Crippen LogP contribution in [-0.2, 0) is 14.6 Å². The zero-order chi connectivity index (χ0) is 17.9. The summed E-state index contributed by atoms with van der Waals surface area (Å²) in [6, 6.07) is 0.312. The topological polar surface area (TPSA) is 71.0 Å². The van der Waals surface area contributed by atoms with Crippen molar-refractivity contribution in [2.24, 2.45) is 16.3 Å². The zero-order valence-electron chi connectivity index (χ0n) is 15.7. The third-order valence-corrected chi connectivity index (χ3v) is 7.45. The molecule has 3 fully saturated rings. The summed E-state index contributed by atoms with van der Waals surface area (Å²) in [5.41, 5.74) is 0.270. The standard InChI is InChI=1S/C18H33N3O3S/c1-15(2)20-17(19-11-16-5-10-25(22,23)12-16)21-8-3-6-18(13-21)7-4-9-24-14-18/h15-16H,3-14H2,1-2H3,(H,19,20). The van der Waals surface area contributed by atoms with Gasteiger partial charge in [0, 0.05) is 37.7 Å². The van der Waals surface area contributed by atoms with Gasteiger partial charge in [-0.25, -0.2) is 8.42 Å². The van der Waals surface area contributed by atoms with E-state index in [1.54, 1.807) is 0 Å². The number of rotatable bonds is 3. The van der Waals surface area contributed by atoms with Crippen molar-refractivity contribution in [1.82, 2.24) is 10.2 Å². The van der Waals surface area contributed by atoms with Crippen LogP contribution in [0.5, 0.6) is 0 Å². The minimum Gasteiger partial charge on any atom is -0.381 e. The quantitative estimate of drug-likeness (QED) is 0.604. The zero-order valence-corrected chi connectivity index (χ0v) is 16.5. The van der Waals surface area contributed by atoms with Crippen molar-refractivity contribution in [2.45, 2.75) is 52.0 Å². The average molecular weight is 372 g/mol. The van der Waals surface area contributed by atoms with E-state index in [4.69, 9.17) is 9.73 Å². The monoisotopic (exact) mass is 371 g/mol. The molecule has 3 rings (SSSR count). The molecule has 144 valence electrons. The van der Waals surface area contributed by atoms with Crippen molar-refractivity contribution >= 4 is 15.8 Å². The predicted octanol–water partition coefficient (Wildman–Crippen LogP) is 1.67. The number of hydrogen-bond donors (Lipinski definition) is 1. The van der Waals surface area contributed by atoms with Crippen LogP contribution in [-0.4, -0.2) is 69.7 Å². The number of hydrogen-bond acceptors (Lipinski definition) is 4. The maximum atomic E-state index is 11.7. The Kier molecular flexibility index (Phi) is 5.93. The van der Waals surface area contributed by atoms with Crippen molar-refractivity contribution in [3.63, 3.8) is 0 Å². The minimum atomic E-state index is -2.83. The number of guanidine groups is 1. The van der Waals surface area contributed by atoms with Gasteiger partial charge >= 0.3 is 0 Å². The summed E-state index contributed by atoms with van der Waals surface area (Å²) < 4.78 is 29.1. The van der Waals surface area contributed by atoms with E-state index in [1.807, 2.05) is 0 Å². The molecule has 6 nitrogen and oxygen atoms in total. The summed E-state index contributed by atoms with van der Waals surface area (Å²) in [6.07, 6.45) is 5.54. The van der Waals surface area contributed by atoms with Crippen molar-refractivity contribution in [1.29, 1.82) is 0 Å². The molecule has 1 N–H and O–H groups in total. The van der Waals surface area contributed by atoms with Gasteiger partial charge in [-0.2, -0.15) is 0 Å². The minimum absolute atomic E-state index is 0.172. The van der Waals surface area contributed by atoms with Gasteiger partial charge in [-0.1, -0.05) is 0 Å². The lowest BCUT2D eigenvalue weighted by Crippen LogP contribution is -2.54. The average Bonchev–Trinajstić information content (AvgIpc) is 2.91. The van der Waals surface area contributed by atoms with Crippen LogP contribution in [0.4, 0.5) is 0 Å². The van der Waals surface area contributed by atoms with Gasteiger partial charge in [0.15, 0.2) is 15.8 Å². The summed E-state index contributed by atoms with van der Waals surface area (Å²) >= 11 is 0. The van der Waals surface area contributed by atoms with Crippen molar-refractivity contribution in [2.75, 3.05) is 44.4 Å². The van der Waals surface area contributed by atoms with Gasteiger partial charge < -0.3 is 15.0 Å². The number of nitrogens with one attached hydrogen (secondary N) is 1. The van der Waals surface area contributed by atoms with Crippen molar-refractivity contribution in [3.8, 4) is 0 Å². The molecule has 25 heavy (non-hydrogen) atoms.